The van der Waals surface area contributed by atoms with Gasteiger partial charge in [0.15, 0.2) is 6.29 Å². The summed E-state index contributed by atoms with van der Waals surface area (Å²) in [6, 6.07) is 5.25. The van der Waals surface area contributed by atoms with E-state index in [9.17, 15) is 4.79 Å². The molecule has 0 heterocycles. The molecule has 0 saturated heterocycles. The molecule has 0 spiro atoms. The van der Waals surface area contributed by atoms with Gasteiger partial charge in [-0.25, -0.2) is 0 Å². The van der Waals surface area contributed by atoms with E-state index in [0.717, 1.165) is 19.1 Å². The molecule has 0 radical (unpaired) electrons. The van der Waals surface area contributed by atoms with Crippen LogP contribution in [0.1, 0.15) is 37.0 Å². The van der Waals surface area contributed by atoms with E-state index in [1.165, 1.54) is 0 Å². The van der Waals surface area contributed by atoms with E-state index in [1.54, 1.807) is 18.2 Å². The van der Waals surface area contributed by atoms with Crippen molar-refractivity contribution in [3.8, 4) is 5.75 Å². The fourth-order valence-corrected chi connectivity index (χ4v) is 1.70. The van der Waals surface area contributed by atoms with Crippen molar-refractivity contribution in [1.82, 2.24) is 0 Å². The summed E-state index contributed by atoms with van der Waals surface area (Å²) < 4.78 is 5.64. The van der Waals surface area contributed by atoms with Gasteiger partial charge in [0.05, 0.1) is 17.2 Å². The summed E-state index contributed by atoms with van der Waals surface area (Å²) in [5.41, 5.74) is 0.440. The summed E-state index contributed by atoms with van der Waals surface area (Å²) in [6.07, 6.45) is 2.89. The van der Waals surface area contributed by atoms with Gasteiger partial charge in [0.2, 0.25) is 0 Å². The summed E-state index contributed by atoms with van der Waals surface area (Å²) in [4.78, 5) is 10.9. The fraction of sp³-hybridized carbons (Fsp3) is 0.462. The van der Waals surface area contributed by atoms with Crippen molar-refractivity contribution in [2.75, 3.05) is 6.61 Å². The Hall–Kier alpha value is -1.02. The van der Waals surface area contributed by atoms with E-state index in [-0.39, 0.29) is 0 Å². The Bertz CT molecular complexity index is 346. The van der Waals surface area contributed by atoms with E-state index < -0.39 is 0 Å². The van der Waals surface area contributed by atoms with Gasteiger partial charge in [0, 0.05) is 0 Å². The van der Waals surface area contributed by atoms with Crippen LogP contribution in [-0.4, -0.2) is 12.9 Å². The number of rotatable bonds is 6. The second-order valence-corrected chi connectivity index (χ2v) is 4.17. The van der Waals surface area contributed by atoms with Crippen LogP contribution in [0.15, 0.2) is 18.2 Å². The molecule has 0 aromatic heterocycles. The maximum Gasteiger partial charge on any atom is 0.155 e. The predicted molar refractivity (Wildman–Crippen MR) is 66.4 cm³/mol. The number of hydrogen-bond acceptors (Lipinski definition) is 2. The second kappa shape index (κ2) is 6.54. The Labute approximate surface area is 102 Å². The van der Waals surface area contributed by atoms with Crippen LogP contribution in [0.2, 0.25) is 5.02 Å². The predicted octanol–water partition coefficient (Wildman–Crippen LogP) is 3.97. The highest BCUT2D eigenvalue weighted by molar-refractivity contribution is 6.33. The standard InChI is InChI=1S/C13H17ClO2/c1-3-10(4-2)9-16-13-7-5-6-12(14)11(13)8-15/h5-8,10H,3-4,9H2,1-2H3. The molecule has 0 aliphatic carbocycles. The largest absolute Gasteiger partial charge is 0.492 e. The van der Waals surface area contributed by atoms with E-state index in [4.69, 9.17) is 16.3 Å². The average molecular weight is 241 g/mol. The van der Waals surface area contributed by atoms with Gasteiger partial charge in [-0.2, -0.15) is 0 Å². The lowest BCUT2D eigenvalue weighted by atomic mass is 10.1. The lowest BCUT2D eigenvalue weighted by Crippen LogP contribution is -2.11. The molecular weight excluding hydrogens is 224 g/mol. The third-order valence-electron chi connectivity index (χ3n) is 2.76. The molecule has 0 unspecified atom stereocenters. The van der Waals surface area contributed by atoms with Crippen molar-refractivity contribution in [3.63, 3.8) is 0 Å². The minimum absolute atomic E-state index is 0.440. The van der Waals surface area contributed by atoms with Gasteiger partial charge in [0.1, 0.15) is 5.75 Å². The van der Waals surface area contributed by atoms with Crippen molar-refractivity contribution >= 4 is 17.9 Å². The first-order chi connectivity index (χ1) is 7.72. The maximum atomic E-state index is 10.9. The molecule has 88 valence electrons. The number of aldehydes is 1. The number of ether oxygens (including phenoxy) is 1. The van der Waals surface area contributed by atoms with Crippen molar-refractivity contribution in [2.24, 2.45) is 5.92 Å². The third kappa shape index (κ3) is 3.24. The monoisotopic (exact) mass is 240 g/mol. The summed E-state index contributed by atoms with van der Waals surface area (Å²) in [5, 5.41) is 0.442. The molecule has 1 aromatic rings. The van der Waals surface area contributed by atoms with E-state index in [2.05, 4.69) is 13.8 Å². The van der Waals surface area contributed by atoms with Gasteiger partial charge >= 0.3 is 0 Å². The van der Waals surface area contributed by atoms with E-state index in [0.29, 0.717) is 28.9 Å². The smallest absolute Gasteiger partial charge is 0.155 e. The van der Waals surface area contributed by atoms with Crippen molar-refractivity contribution < 1.29 is 9.53 Å². The first kappa shape index (κ1) is 13.0. The topological polar surface area (TPSA) is 26.3 Å². The van der Waals surface area contributed by atoms with E-state index in [1.807, 2.05) is 0 Å². The Morgan fingerprint density at radius 1 is 1.38 bits per heavy atom. The zero-order valence-corrected chi connectivity index (χ0v) is 10.5. The Kier molecular flexibility index (Phi) is 5.33. The minimum Gasteiger partial charge on any atom is -0.492 e. The molecule has 0 aliphatic heterocycles. The number of carbonyl (C=O) groups excluding carboxylic acids is 1. The lowest BCUT2D eigenvalue weighted by Gasteiger charge is -2.15. The number of hydrogen-bond donors (Lipinski definition) is 0. The van der Waals surface area contributed by atoms with Crippen LogP contribution in [0, 0.1) is 5.92 Å². The summed E-state index contributed by atoms with van der Waals surface area (Å²) in [5.74, 6) is 1.10. The molecule has 1 aromatic carbocycles. The quantitative estimate of drug-likeness (QED) is 0.704. The average Bonchev–Trinajstić information content (AvgIpc) is 2.30. The molecule has 0 atom stereocenters. The molecule has 2 nitrogen and oxygen atoms in total. The second-order valence-electron chi connectivity index (χ2n) is 3.76. The third-order valence-corrected chi connectivity index (χ3v) is 3.09. The minimum atomic E-state index is 0.440. The van der Waals surface area contributed by atoms with Gasteiger partial charge in [-0.3, -0.25) is 4.79 Å². The van der Waals surface area contributed by atoms with Crippen LogP contribution < -0.4 is 4.74 Å². The molecular formula is C13H17ClO2. The molecule has 0 bridgehead atoms. The van der Waals surface area contributed by atoms with Crippen LogP contribution in [0.3, 0.4) is 0 Å². The van der Waals surface area contributed by atoms with Crippen molar-refractivity contribution in [2.45, 2.75) is 26.7 Å². The van der Waals surface area contributed by atoms with Crippen LogP contribution in [0.4, 0.5) is 0 Å². The van der Waals surface area contributed by atoms with Gasteiger partial charge in [0.25, 0.3) is 0 Å². The highest BCUT2D eigenvalue weighted by Crippen LogP contribution is 2.25. The van der Waals surface area contributed by atoms with Crippen LogP contribution in [-0.2, 0) is 0 Å². The van der Waals surface area contributed by atoms with Gasteiger partial charge < -0.3 is 4.74 Å². The van der Waals surface area contributed by atoms with E-state index >= 15 is 0 Å². The summed E-state index contributed by atoms with van der Waals surface area (Å²) in [6.45, 7) is 4.90. The summed E-state index contributed by atoms with van der Waals surface area (Å²) >= 11 is 5.90. The van der Waals surface area contributed by atoms with Crippen LogP contribution in [0.25, 0.3) is 0 Å². The molecule has 1 rings (SSSR count). The summed E-state index contributed by atoms with van der Waals surface area (Å²) in [7, 11) is 0. The number of halogens is 1. The Balaban J connectivity index is 2.73. The normalized spacial score (nSPS) is 10.5. The molecule has 16 heavy (non-hydrogen) atoms. The SMILES string of the molecule is CCC(CC)COc1cccc(Cl)c1C=O. The first-order valence-electron chi connectivity index (χ1n) is 5.59. The molecule has 0 fully saturated rings. The highest BCUT2D eigenvalue weighted by atomic mass is 35.5. The molecule has 0 aliphatic rings. The maximum absolute atomic E-state index is 10.9. The van der Waals surface area contributed by atoms with Crippen molar-refractivity contribution in [1.29, 1.82) is 0 Å². The number of carbonyl (C=O) groups is 1. The lowest BCUT2D eigenvalue weighted by molar-refractivity contribution is 0.111. The van der Waals surface area contributed by atoms with Gasteiger partial charge in [-0.15, -0.1) is 0 Å². The van der Waals surface area contributed by atoms with Gasteiger partial charge in [-0.1, -0.05) is 44.4 Å². The molecule has 0 amide bonds. The fourth-order valence-electron chi connectivity index (χ4n) is 1.49. The van der Waals surface area contributed by atoms with Crippen LogP contribution in [0.5, 0.6) is 5.75 Å². The van der Waals surface area contributed by atoms with Gasteiger partial charge in [-0.05, 0) is 18.1 Å². The number of benzene rings is 1. The molecule has 0 N–H and O–H groups in total. The first-order valence-corrected chi connectivity index (χ1v) is 5.97. The molecule has 0 saturated carbocycles. The zero-order valence-electron chi connectivity index (χ0n) is 9.70. The zero-order chi connectivity index (χ0) is 12.0. The Morgan fingerprint density at radius 3 is 2.62 bits per heavy atom. The highest BCUT2D eigenvalue weighted by Gasteiger charge is 2.09. The molecule has 3 heteroatoms. The Morgan fingerprint density at radius 2 is 2.06 bits per heavy atom. The van der Waals surface area contributed by atoms with Crippen molar-refractivity contribution in [3.05, 3.63) is 28.8 Å². The van der Waals surface area contributed by atoms with Crippen LogP contribution >= 0.6 is 11.6 Å².